The van der Waals surface area contributed by atoms with Crippen molar-refractivity contribution in [3.63, 3.8) is 0 Å². The summed E-state index contributed by atoms with van der Waals surface area (Å²) in [5.41, 5.74) is -3.74. The van der Waals surface area contributed by atoms with Crippen molar-refractivity contribution < 1.29 is 35.9 Å². The first-order chi connectivity index (χ1) is 18.3. The Hall–Kier alpha value is -3.56. The number of ether oxygens (including phenoxy) is 1. The maximum Gasteiger partial charge on any atom is 0.423 e. The van der Waals surface area contributed by atoms with E-state index < -0.39 is 40.8 Å². The van der Waals surface area contributed by atoms with Crippen molar-refractivity contribution in [2.45, 2.75) is 44.2 Å². The molecule has 214 valence electrons. The van der Waals surface area contributed by atoms with Crippen LogP contribution in [0.4, 0.5) is 43.5 Å². The van der Waals surface area contributed by atoms with E-state index in [9.17, 15) is 35.9 Å². The number of aromatic amines is 1. The molecule has 0 aromatic carbocycles. The standard InChI is InChI=1S/C23H27F6N7O3/c1-13(33-17-10-32-34-21(38)19(17)23(27,28)29)12-39-7-3-18(37)35-5-6-36-15(11-35)2-4-30-16-8-14(22(24,25)26)9-31-20(16)36/h8-10,13,15,30H,2-7,11-12H2,1H3,(H2,33,34,38)/t13-,15-/m0/s1. The van der Waals surface area contributed by atoms with Gasteiger partial charge in [-0.15, -0.1) is 0 Å². The second kappa shape index (κ2) is 11.3. The van der Waals surface area contributed by atoms with Crippen LogP contribution in [0.2, 0.25) is 0 Å². The number of amides is 1. The fraction of sp³-hybridized carbons (Fsp3) is 0.565. The summed E-state index contributed by atoms with van der Waals surface area (Å²) >= 11 is 0. The second-order valence-electron chi connectivity index (χ2n) is 9.35. The minimum atomic E-state index is -4.87. The van der Waals surface area contributed by atoms with Gasteiger partial charge in [0, 0.05) is 44.5 Å². The highest BCUT2D eigenvalue weighted by Gasteiger charge is 2.38. The molecule has 0 saturated carbocycles. The van der Waals surface area contributed by atoms with Gasteiger partial charge in [0.25, 0.3) is 5.56 Å². The quantitative estimate of drug-likeness (QED) is 0.348. The fourth-order valence-corrected chi connectivity index (χ4v) is 4.63. The van der Waals surface area contributed by atoms with Gasteiger partial charge in [0.15, 0.2) is 5.82 Å². The first-order valence-electron chi connectivity index (χ1n) is 12.2. The summed E-state index contributed by atoms with van der Waals surface area (Å²) in [5, 5.41) is 10.7. The Morgan fingerprint density at radius 2 is 1.97 bits per heavy atom. The van der Waals surface area contributed by atoms with Gasteiger partial charge in [-0.3, -0.25) is 9.59 Å². The number of anilines is 3. The lowest BCUT2D eigenvalue weighted by Gasteiger charge is -2.41. The predicted molar refractivity (Wildman–Crippen MR) is 128 cm³/mol. The first-order valence-corrected chi connectivity index (χ1v) is 12.2. The molecule has 0 bridgehead atoms. The van der Waals surface area contributed by atoms with Crippen molar-refractivity contribution in [3.05, 3.63) is 39.9 Å². The Bertz CT molecular complexity index is 1240. The van der Waals surface area contributed by atoms with Gasteiger partial charge in [-0.05, 0) is 19.4 Å². The number of carbonyl (C=O) groups excluding carboxylic acids is 1. The molecule has 2 aromatic heterocycles. The zero-order valence-corrected chi connectivity index (χ0v) is 20.8. The number of alkyl halides is 6. The van der Waals surface area contributed by atoms with Gasteiger partial charge in [-0.1, -0.05) is 0 Å². The zero-order chi connectivity index (χ0) is 28.4. The highest BCUT2D eigenvalue weighted by atomic mass is 19.4. The molecular weight excluding hydrogens is 536 g/mol. The van der Waals surface area contributed by atoms with E-state index in [0.29, 0.717) is 44.1 Å². The van der Waals surface area contributed by atoms with Crippen LogP contribution >= 0.6 is 0 Å². The van der Waals surface area contributed by atoms with Crippen LogP contribution in [0.1, 0.15) is 30.9 Å². The van der Waals surface area contributed by atoms with Crippen molar-refractivity contribution in [2.75, 3.05) is 54.9 Å². The molecular formula is C23H27F6N7O3. The van der Waals surface area contributed by atoms with Crippen LogP contribution in [0.25, 0.3) is 0 Å². The Morgan fingerprint density at radius 1 is 1.21 bits per heavy atom. The highest BCUT2D eigenvalue weighted by Crippen LogP contribution is 2.36. The van der Waals surface area contributed by atoms with E-state index in [0.717, 1.165) is 18.5 Å². The molecule has 0 aliphatic carbocycles. The maximum atomic E-state index is 13.2. The van der Waals surface area contributed by atoms with Crippen LogP contribution in [0.5, 0.6) is 0 Å². The van der Waals surface area contributed by atoms with Crippen LogP contribution in [0, 0.1) is 0 Å². The van der Waals surface area contributed by atoms with Crippen molar-refractivity contribution in [1.29, 1.82) is 0 Å². The molecule has 1 saturated heterocycles. The Labute approximate surface area is 218 Å². The smallest absolute Gasteiger partial charge is 0.382 e. The number of aromatic nitrogens is 3. The summed E-state index contributed by atoms with van der Waals surface area (Å²) in [7, 11) is 0. The van der Waals surface area contributed by atoms with Gasteiger partial charge in [-0.2, -0.15) is 31.4 Å². The Morgan fingerprint density at radius 3 is 2.69 bits per heavy atom. The van der Waals surface area contributed by atoms with Crippen molar-refractivity contribution >= 4 is 23.1 Å². The molecule has 0 unspecified atom stereocenters. The van der Waals surface area contributed by atoms with Gasteiger partial charge >= 0.3 is 12.4 Å². The molecule has 2 atom stereocenters. The van der Waals surface area contributed by atoms with Crippen LogP contribution < -0.4 is 21.1 Å². The minimum Gasteiger partial charge on any atom is -0.382 e. The zero-order valence-electron chi connectivity index (χ0n) is 20.8. The minimum absolute atomic E-state index is 0.0260. The van der Waals surface area contributed by atoms with E-state index in [1.165, 1.54) is 0 Å². The summed E-state index contributed by atoms with van der Waals surface area (Å²) in [6.07, 6.45) is -7.05. The number of hydrogen-bond donors (Lipinski definition) is 3. The van der Waals surface area contributed by atoms with Gasteiger partial charge in [0.1, 0.15) is 5.56 Å². The molecule has 1 fully saturated rings. The SMILES string of the molecule is C[C@@H](COCCC(=O)N1CCN2c3ncc(C(F)(F)F)cc3NCC[C@H]2C1)Nc1cn[nH]c(=O)c1C(F)(F)F. The van der Waals surface area contributed by atoms with E-state index in [4.69, 9.17) is 4.74 Å². The number of hydrogen-bond acceptors (Lipinski definition) is 8. The summed E-state index contributed by atoms with van der Waals surface area (Å²) in [6, 6.07) is 0.305. The number of nitrogens with zero attached hydrogens (tertiary/aromatic N) is 4. The normalized spacial score (nSPS) is 18.5. The second-order valence-corrected chi connectivity index (χ2v) is 9.35. The number of halogens is 6. The van der Waals surface area contributed by atoms with Crippen LogP contribution in [0.15, 0.2) is 23.3 Å². The predicted octanol–water partition coefficient (Wildman–Crippen LogP) is 2.94. The molecule has 2 aromatic rings. The summed E-state index contributed by atoms with van der Waals surface area (Å²) in [6.45, 7) is 3.11. The molecule has 10 nitrogen and oxygen atoms in total. The van der Waals surface area contributed by atoms with Gasteiger partial charge in [0.2, 0.25) is 5.91 Å². The Kier molecular flexibility index (Phi) is 8.23. The molecule has 0 radical (unpaired) electrons. The maximum absolute atomic E-state index is 13.2. The van der Waals surface area contributed by atoms with Crippen LogP contribution in [-0.4, -0.2) is 77.5 Å². The van der Waals surface area contributed by atoms with E-state index in [-0.39, 0.29) is 31.6 Å². The number of nitrogens with one attached hydrogen (secondary N) is 3. The molecule has 4 rings (SSSR count). The third kappa shape index (κ3) is 6.72. The third-order valence-electron chi connectivity index (χ3n) is 6.46. The molecule has 4 heterocycles. The van der Waals surface area contributed by atoms with E-state index in [1.807, 2.05) is 4.90 Å². The van der Waals surface area contributed by atoms with Crippen LogP contribution in [0.3, 0.4) is 0 Å². The van der Waals surface area contributed by atoms with E-state index in [1.54, 1.807) is 16.9 Å². The van der Waals surface area contributed by atoms with Crippen LogP contribution in [-0.2, 0) is 21.9 Å². The molecule has 2 aliphatic heterocycles. The van der Waals surface area contributed by atoms with Crippen molar-refractivity contribution in [1.82, 2.24) is 20.1 Å². The lowest BCUT2D eigenvalue weighted by Crippen LogP contribution is -2.55. The molecule has 2 aliphatic rings. The van der Waals surface area contributed by atoms with Gasteiger partial charge < -0.3 is 25.2 Å². The average molecular weight is 564 g/mol. The average Bonchev–Trinajstić information content (AvgIpc) is 3.03. The molecule has 39 heavy (non-hydrogen) atoms. The molecule has 0 spiro atoms. The first kappa shape index (κ1) is 28.4. The van der Waals surface area contributed by atoms with Crippen molar-refractivity contribution in [2.24, 2.45) is 0 Å². The number of pyridine rings is 1. The van der Waals surface area contributed by atoms with Gasteiger partial charge in [-0.25, -0.2) is 10.1 Å². The fourth-order valence-electron chi connectivity index (χ4n) is 4.63. The number of carbonyl (C=O) groups is 1. The molecule has 1 amide bonds. The van der Waals surface area contributed by atoms with E-state index in [2.05, 4.69) is 20.7 Å². The number of piperazine rings is 1. The molecule has 16 heteroatoms. The Balaban J connectivity index is 1.26. The number of H-pyrrole nitrogens is 1. The largest absolute Gasteiger partial charge is 0.423 e. The summed E-state index contributed by atoms with van der Waals surface area (Å²) < 4.78 is 84.3. The lowest BCUT2D eigenvalue weighted by molar-refractivity contribution is -0.138. The lowest BCUT2D eigenvalue weighted by atomic mass is 10.1. The highest BCUT2D eigenvalue weighted by molar-refractivity contribution is 5.77. The topological polar surface area (TPSA) is 115 Å². The summed E-state index contributed by atoms with van der Waals surface area (Å²) in [4.78, 5) is 32.0. The van der Waals surface area contributed by atoms with E-state index >= 15 is 0 Å². The molecule has 3 N–H and O–H groups in total. The summed E-state index contributed by atoms with van der Waals surface area (Å²) in [5.74, 6) is 0.248. The monoisotopic (exact) mass is 563 g/mol. The number of rotatable bonds is 7. The third-order valence-corrected chi connectivity index (χ3v) is 6.46. The number of fused-ring (bicyclic) bond motifs is 3. The van der Waals surface area contributed by atoms with Crippen molar-refractivity contribution in [3.8, 4) is 0 Å². The van der Waals surface area contributed by atoms with Gasteiger partial charge in [0.05, 0.1) is 42.8 Å².